The van der Waals surface area contributed by atoms with E-state index < -0.39 is 0 Å². The molecule has 5 rings (SSSR count). The minimum atomic E-state index is 0.557. The predicted octanol–water partition coefficient (Wildman–Crippen LogP) is 6.48. The summed E-state index contributed by atoms with van der Waals surface area (Å²) in [6.07, 6.45) is 0. The Hall–Kier alpha value is -2.31. The lowest BCUT2D eigenvalue weighted by Gasteiger charge is -2.13. The molecule has 0 aliphatic carbocycles. The van der Waals surface area contributed by atoms with Crippen LogP contribution in [-0.2, 0) is 5.88 Å². The molecule has 0 spiro atoms. The maximum Gasteiger partial charge on any atom is 0.0474 e. The van der Waals surface area contributed by atoms with Crippen molar-refractivity contribution in [1.29, 1.82) is 0 Å². The standard InChI is InChI=1S/C21H13Cl/c22-12-13-4-8-18-17(10-13)11-16-6-5-14-2-1-3-15-7-9-19(18)21(16)20(14)15/h1-11H,12H2. The van der Waals surface area contributed by atoms with Gasteiger partial charge < -0.3 is 0 Å². The summed E-state index contributed by atoms with van der Waals surface area (Å²) < 4.78 is 0. The van der Waals surface area contributed by atoms with Gasteiger partial charge in [0.05, 0.1) is 0 Å². The number of alkyl halides is 1. The zero-order valence-corrected chi connectivity index (χ0v) is 12.7. The fraction of sp³-hybridized carbons (Fsp3) is 0.0476. The van der Waals surface area contributed by atoms with Crippen molar-refractivity contribution in [3.63, 3.8) is 0 Å². The van der Waals surface area contributed by atoms with E-state index in [-0.39, 0.29) is 0 Å². The molecule has 5 aromatic rings. The first-order valence-electron chi connectivity index (χ1n) is 7.50. The molecule has 0 amide bonds. The fourth-order valence-corrected chi connectivity index (χ4v) is 3.85. The Morgan fingerprint density at radius 3 is 2.14 bits per heavy atom. The molecule has 22 heavy (non-hydrogen) atoms. The van der Waals surface area contributed by atoms with Gasteiger partial charge in [0, 0.05) is 5.88 Å². The maximum atomic E-state index is 5.99. The van der Waals surface area contributed by atoms with Gasteiger partial charge in [-0.25, -0.2) is 0 Å². The van der Waals surface area contributed by atoms with Crippen molar-refractivity contribution in [3.05, 3.63) is 72.3 Å². The molecule has 0 aliphatic rings. The first kappa shape index (κ1) is 12.3. The first-order valence-corrected chi connectivity index (χ1v) is 8.04. The van der Waals surface area contributed by atoms with Gasteiger partial charge in [0.25, 0.3) is 0 Å². The predicted molar refractivity (Wildman–Crippen MR) is 97.2 cm³/mol. The van der Waals surface area contributed by atoms with Crippen LogP contribution in [0.5, 0.6) is 0 Å². The molecule has 0 aromatic heterocycles. The lowest BCUT2D eigenvalue weighted by molar-refractivity contribution is 1.43. The van der Waals surface area contributed by atoms with Gasteiger partial charge in [-0.05, 0) is 60.8 Å². The summed E-state index contributed by atoms with van der Waals surface area (Å²) in [5.74, 6) is 0.557. The summed E-state index contributed by atoms with van der Waals surface area (Å²) in [5.41, 5.74) is 1.17. The van der Waals surface area contributed by atoms with Gasteiger partial charge in [0.2, 0.25) is 0 Å². The SMILES string of the molecule is ClCc1ccc2c(c1)cc1ccc3cccc4ccc2c1c34. The highest BCUT2D eigenvalue weighted by Crippen LogP contribution is 2.38. The minimum absolute atomic E-state index is 0.557. The van der Waals surface area contributed by atoms with Crippen LogP contribution >= 0.6 is 11.6 Å². The van der Waals surface area contributed by atoms with E-state index in [1.54, 1.807) is 0 Å². The average Bonchev–Trinajstić information content (AvgIpc) is 2.58. The maximum absolute atomic E-state index is 5.99. The van der Waals surface area contributed by atoms with Crippen LogP contribution in [0.15, 0.2) is 66.7 Å². The number of halogens is 1. The van der Waals surface area contributed by atoms with Crippen LogP contribution in [0.1, 0.15) is 5.56 Å². The Balaban J connectivity index is 2.10. The van der Waals surface area contributed by atoms with Crippen molar-refractivity contribution in [2.75, 3.05) is 0 Å². The van der Waals surface area contributed by atoms with Gasteiger partial charge >= 0.3 is 0 Å². The highest BCUT2D eigenvalue weighted by atomic mass is 35.5. The quantitative estimate of drug-likeness (QED) is 0.189. The Kier molecular flexibility index (Phi) is 2.42. The fourth-order valence-electron chi connectivity index (χ4n) is 3.68. The Morgan fingerprint density at radius 2 is 1.32 bits per heavy atom. The van der Waals surface area contributed by atoms with E-state index in [0.717, 1.165) is 0 Å². The number of hydrogen-bond acceptors (Lipinski definition) is 0. The molecule has 0 saturated carbocycles. The Bertz CT molecular complexity index is 1140. The molecule has 0 bridgehead atoms. The summed E-state index contributed by atoms with van der Waals surface area (Å²) >= 11 is 5.99. The van der Waals surface area contributed by atoms with Gasteiger partial charge in [-0.1, -0.05) is 54.6 Å². The average molecular weight is 301 g/mol. The van der Waals surface area contributed by atoms with E-state index >= 15 is 0 Å². The molecule has 0 aliphatic heterocycles. The van der Waals surface area contributed by atoms with E-state index in [9.17, 15) is 0 Å². The van der Waals surface area contributed by atoms with E-state index in [0.29, 0.717) is 5.88 Å². The molecule has 0 radical (unpaired) electrons. The van der Waals surface area contributed by atoms with E-state index in [1.165, 1.54) is 48.7 Å². The van der Waals surface area contributed by atoms with Gasteiger partial charge in [0.1, 0.15) is 0 Å². The van der Waals surface area contributed by atoms with Crippen LogP contribution in [0.3, 0.4) is 0 Å². The Labute approximate surface area is 133 Å². The van der Waals surface area contributed by atoms with Gasteiger partial charge in [-0.2, -0.15) is 0 Å². The normalized spacial score (nSPS) is 12.0. The molecule has 5 aromatic carbocycles. The minimum Gasteiger partial charge on any atom is -0.122 e. The lowest BCUT2D eigenvalue weighted by atomic mass is 9.91. The molecule has 0 unspecified atom stereocenters. The highest BCUT2D eigenvalue weighted by molar-refractivity contribution is 6.28. The van der Waals surface area contributed by atoms with Crippen molar-refractivity contribution in [3.8, 4) is 0 Å². The Morgan fingerprint density at radius 1 is 0.591 bits per heavy atom. The third-order valence-corrected chi connectivity index (χ3v) is 4.99. The number of rotatable bonds is 1. The summed E-state index contributed by atoms with van der Waals surface area (Å²) in [7, 11) is 0. The van der Waals surface area contributed by atoms with Crippen LogP contribution in [0.2, 0.25) is 0 Å². The van der Waals surface area contributed by atoms with Crippen LogP contribution in [0.4, 0.5) is 0 Å². The summed E-state index contributed by atoms with van der Waals surface area (Å²) in [6, 6.07) is 24.3. The van der Waals surface area contributed by atoms with Crippen molar-refractivity contribution in [1.82, 2.24) is 0 Å². The second-order valence-electron chi connectivity index (χ2n) is 5.92. The molecule has 1 heteroatoms. The molecule has 0 nitrogen and oxygen atoms in total. The summed E-state index contributed by atoms with van der Waals surface area (Å²) in [4.78, 5) is 0. The molecule has 0 heterocycles. The topological polar surface area (TPSA) is 0 Å². The molecule has 104 valence electrons. The molecular formula is C21H13Cl. The highest BCUT2D eigenvalue weighted by Gasteiger charge is 2.10. The zero-order chi connectivity index (χ0) is 14.7. The third-order valence-electron chi connectivity index (χ3n) is 4.68. The first-order chi connectivity index (χ1) is 10.8. The third kappa shape index (κ3) is 1.53. The number of fused-ring (bicyclic) bond motifs is 2. The summed E-state index contributed by atoms with van der Waals surface area (Å²) in [6.45, 7) is 0. The van der Waals surface area contributed by atoms with Crippen LogP contribution in [0, 0.1) is 0 Å². The largest absolute Gasteiger partial charge is 0.122 e. The molecule has 0 N–H and O–H groups in total. The van der Waals surface area contributed by atoms with E-state index in [1.807, 2.05) is 0 Å². The van der Waals surface area contributed by atoms with Crippen LogP contribution in [0.25, 0.3) is 43.1 Å². The van der Waals surface area contributed by atoms with E-state index in [2.05, 4.69) is 66.7 Å². The van der Waals surface area contributed by atoms with Crippen molar-refractivity contribution in [2.45, 2.75) is 5.88 Å². The smallest absolute Gasteiger partial charge is 0.0474 e. The van der Waals surface area contributed by atoms with Crippen molar-refractivity contribution >= 4 is 54.7 Å². The molecular weight excluding hydrogens is 288 g/mol. The molecule has 0 saturated heterocycles. The molecule has 0 atom stereocenters. The van der Waals surface area contributed by atoms with Crippen molar-refractivity contribution < 1.29 is 0 Å². The number of benzene rings is 5. The lowest BCUT2D eigenvalue weighted by Crippen LogP contribution is -1.86. The second kappa shape index (κ2) is 4.34. The van der Waals surface area contributed by atoms with Gasteiger partial charge in [-0.15, -0.1) is 11.6 Å². The van der Waals surface area contributed by atoms with Crippen molar-refractivity contribution in [2.24, 2.45) is 0 Å². The van der Waals surface area contributed by atoms with Crippen LogP contribution in [-0.4, -0.2) is 0 Å². The zero-order valence-electron chi connectivity index (χ0n) is 11.9. The second-order valence-corrected chi connectivity index (χ2v) is 6.19. The van der Waals surface area contributed by atoms with E-state index in [4.69, 9.17) is 11.6 Å². The van der Waals surface area contributed by atoms with Gasteiger partial charge in [0.15, 0.2) is 0 Å². The number of hydrogen-bond donors (Lipinski definition) is 0. The van der Waals surface area contributed by atoms with Crippen LogP contribution < -0.4 is 0 Å². The monoisotopic (exact) mass is 300 g/mol. The van der Waals surface area contributed by atoms with Gasteiger partial charge in [-0.3, -0.25) is 0 Å². The molecule has 0 fully saturated rings. The summed E-state index contributed by atoms with van der Waals surface area (Å²) in [5, 5.41) is 10.6.